The highest BCUT2D eigenvalue weighted by Crippen LogP contribution is 2.39. The Labute approximate surface area is 87.8 Å². The molecule has 2 rings (SSSR count). The minimum Gasteiger partial charge on any atom is -0.492 e. The zero-order valence-electron chi connectivity index (χ0n) is 7.92. The molecule has 0 radical (unpaired) electrons. The molecule has 1 aromatic rings. The van der Waals surface area contributed by atoms with Crippen molar-refractivity contribution in [2.75, 3.05) is 6.61 Å². The summed E-state index contributed by atoms with van der Waals surface area (Å²) >= 11 is 6.00. The van der Waals surface area contributed by atoms with Gasteiger partial charge in [0.25, 0.3) is 0 Å². The van der Waals surface area contributed by atoms with Crippen LogP contribution in [0.1, 0.15) is 23.5 Å². The van der Waals surface area contributed by atoms with Gasteiger partial charge in [0.05, 0.1) is 11.6 Å². The molecule has 0 bridgehead atoms. The monoisotopic (exact) mass is 210 g/mol. The maximum atomic E-state index is 10.9. The van der Waals surface area contributed by atoms with Crippen LogP contribution in [0.15, 0.2) is 12.1 Å². The Bertz CT molecular complexity index is 374. The smallest absolute Gasteiger partial charge is 0.142 e. The lowest BCUT2D eigenvalue weighted by Gasteiger charge is -2.24. The molecular weight excluding hydrogens is 200 g/mol. The molecule has 0 spiro atoms. The van der Waals surface area contributed by atoms with Crippen molar-refractivity contribution in [1.29, 1.82) is 0 Å². The largest absolute Gasteiger partial charge is 0.492 e. The average Bonchev–Trinajstić information content (AvgIpc) is 2.23. The van der Waals surface area contributed by atoms with Gasteiger partial charge in [0, 0.05) is 11.5 Å². The van der Waals surface area contributed by atoms with E-state index >= 15 is 0 Å². The van der Waals surface area contributed by atoms with Gasteiger partial charge < -0.3 is 9.53 Å². The predicted molar refractivity (Wildman–Crippen MR) is 55.1 cm³/mol. The third-order valence-electron chi connectivity index (χ3n) is 2.58. The SMILES string of the molecule is Cc1ccc(Cl)c2c1C(C=O)CCO2. The number of ether oxygens (including phenoxy) is 1. The van der Waals surface area contributed by atoms with E-state index in [0.29, 0.717) is 17.4 Å². The topological polar surface area (TPSA) is 26.3 Å². The van der Waals surface area contributed by atoms with Crippen LogP contribution in [-0.4, -0.2) is 12.9 Å². The van der Waals surface area contributed by atoms with Crippen LogP contribution >= 0.6 is 11.6 Å². The molecule has 0 fully saturated rings. The van der Waals surface area contributed by atoms with Crippen LogP contribution in [-0.2, 0) is 4.79 Å². The number of rotatable bonds is 1. The molecule has 0 saturated heterocycles. The van der Waals surface area contributed by atoms with Crippen molar-refractivity contribution in [3.63, 3.8) is 0 Å². The number of hydrogen-bond donors (Lipinski definition) is 0. The van der Waals surface area contributed by atoms with E-state index < -0.39 is 0 Å². The number of carbonyl (C=O) groups excluding carboxylic acids is 1. The molecule has 1 aliphatic heterocycles. The van der Waals surface area contributed by atoms with Crippen molar-refractivity contribution in [3.05, 3.63) is 28.3 Å². The summed E-state index contributed by atoms with van der Waals surface area (Å²) in [6, 6.07) is 3.73. The van der Waals surface area contributed by atoms with E-state index in [4.69, 9.17) is 16.3 Å². The molecule has 1 unspecified atom stereocenters. The Morgan fingerprint density at radius 3 is 3.07 bits per heavy atom. The van der Waals surface area contributed by atoms with E-state index in [-0.39, 0.29) is 5.92 Å². The molecular formula is C11H11ClO2. The molecule has 0 amide bonds. The van der Waals surface area contributed by atoms with Crippen LogP contribution in [0.5, 0.6) is 5.75 Å². The molecule has 0 aliphatic carbocycles. The van der Waals surface area contributed by atoms with Gasteiger partial charge in [0.2, 0.25) is 0 Å². The predicted octanol–water partition coefficient (Wildman–Crippen LogP) is 2.71. The van der Waals surface area contributed by atoms with Gasteiger partial charge in [-0.3, -0.25) is 0 Å². The van der Waals surface area contributed by atoms with E-state index in [1.165, 1.54) is 0 Å². The van der Waals surface area contributed by atoms with Crippen LogP contribution in [0.3, 0.4) is 0 Å². The second-order valence-corrected chi connectivity index (χ2v) is 3.89. The lowest BCUT2D eigenvalue weighted by Crippen LogP contribution is -2.16. The van der Waals surface area contributed by atoms with Gasteiger partial charge in [0.1, 0.15) is 12.0 Å². The van der Waals surface area contributed by atoms with Crippen LogP contribution in [0.4, 0.5) is 0 Å². The van der Waals surface area contributed by atoms with Crippen molar-refractivity contribution in [2.24, 2.45) is 0 Å². The van der Waals surface area contributed by atoms with Gasteiger partial charge in [-0.2, -0.15) is 0 Å². The Balaban J connectivity index is 2.60. The number of fused-ring (bicyclic) bond motifs is 1. The Kier molecular flexibility index (Phi) is 2.46. The van der Waals surface area contributed by atoms with Crippen molar-refractivity contribution in [2.45, 2.75) is 19.3 Å². The van der Waals surface area contributed by atoms with E-state index in [1.807, 2.05) is 19.1 Å². The first-order valence-electron chi connectivity index (χ1n) is 4.61. The lowest BCUT2D eigenvalue weighted by atomic mass is 9.91. The first-order valence-corrected chi connectivity index (χ1v) is 4.99. The molecule has 1 aliphatic rings. The molecule has 3 heteroatoms. The minimum absolute atomic E-state index is 0.0579. The fourth-order valence-electron chi connectivity index (χ4n) is 1.85. The summed E-state index contributed by atoms with van der Waals surface area (Å²) in [5.41, 5.74) is 2.03. The van der Waals surface area contributed by atoms with Gasteiger partial charge >= 0.3 is 0 Å². The Morgan fingerprint density at radius 1 is 1.57 bits per heavy atom. The molecule has 0 saturated carbocycles. The van der Waals surface area contributed by atoms with E-state index in [1.54, 1.807) is 0 Å². The molecule has 2 nitrogen and oxygen atoms in total. The first-order chi connectivity index (χ1) is 6.74. The number of halogens is 1. The molecule has 1 heterocycles. The van der Waals surface area contributed by atoms with Crippen molar-refractivity contribution < 1.29 is 9.53 Å². The van der Waals surface area contributed by atoms with Gasteiger partial charge in [0.15, 0.2) is 0 Å². The van der Waals surface area contributed by atoms with Crippen LogP contribution < -0.4 is 4.74 Å². The van der Waals surface area contributed by atoms with E-state index in [2.05, 4.69) is 0 Å². The number of hydrogen-bond acceptors (Lipinski definition) is 2. The summed E-state index contributed by atoms with van der Waals surface area (Å²) in [4.78, 5) is 10.9. The van der Waals surface area contributed by atoms with E-state index in [9.17, 15) is 4.79 Å². The normalized spacial score (nSPS) is 19.7. The van der Waals surface area contributed by atoms with Gasteiger partial charge in [-0.15, -0.1) is 0 Å². The average molecular weight is 211 g/mol. The Hall–Kier alpha value is -1.02. The summed E-state index contributed by atoms with van der Waals surface area (Å²) in [7, 11) is 0. The molecule has 0 N–H and O–H groups in total. The van der Waals surface area contributed by atoms with Gasteiger partial charge in [-0.1, -0.05) is 17.7 Å². The lowest BCUT2D eigenvalue weighted by molar-refractivity contribution is -0.109. The van der Waals surface area contributed by atoms with Crippen LogP contribution in [0, 0.1) is 6.92 Å². The molecule has 74 valence electrons. The fourth-order valence-corrected chi connectivity index (χ4v) is 2.07. The van der Waals surface area contributed by atoms with Crippen LogP contribution in [0.25, 0.3) is 0 Å². The molecule has 1 atom stereocenters. The molecule has 0 aromatic heterocycles. The quantitative estimate of drug-likeness (QED) is 0.667. The summed E-state index contributed by atoms with van der Waals surface area (Å²) in [6.45, 7) is 2.54. The highest BCUT2D eigenvalue weighted by molar-refractivity contribution is 6.32. The third-order valence-corrected chi connectivity index (χ3v) is 2.87. The van der Waals surface area contributed by atoms with Crippen molar-refractivity contribution >= 4 is 17.9 Å². The third kappa shape index (κ3) is 1.40. The van der Waals surface area contributed by atoms with Crippen molar-refractivity contribution in [3.8, 4) is 5.75 Å². The summed E-state index contributed by atoms with van der Waals surface area (Å²) in [5, 5.41) is 0.595. The second-order valence-electron chi connectivity index (χ2n) is 3.49. The van der Waals surface area contributed by atoms with Gasteiger partial charge in [-0.05, 0) is 25.0 Å². The standard InChI is InChI=1S/C11H11ClO2/c1-7-2-3-9(12)11-10(7)8(6-13)4-5-14-11/h2-3,6,8H,4-5H2,1H3. The first kappa shape index (κ1) is 9.53. The summed E-state index contributed by atoms with van der Waals surface area (Å²) < 4.78 is 5.48. The Morgan fingerprint density at radius 2 is 2.36 bits per heavy atom. The fraction of sp³-hybridized carbons (Fsp3) is 0.364. The van der Waals surface area contributed by atoms with Gasteiger partial charge in [-0.25, -0.2) is 0 Å². The van der Waals surface area contributed by atoms with Crippen LogP contribution in [0.2, 0.25) is 5.02 Å². The number of aldehydes is 1. The number of aryl methyl sites for hydroxylation is 1. The summed E-state index contributed by atoms with van der Waals surface area (Å²) in [5.74, 6) is 0.632. The van der Waals surface area contributed by atoms with Crippen molar-refractivity contribution in [1.82, 2.24) is 0 Å². The molecule has 14 heavy (non-hydrogen) atoms. The zero-order valence-corrected chi connectivity index (χ0v) is 8.67. The highest BCUT2D eigenvalue weighted by atomic mass is 35.5. The number of benzene rings is 1. The minimum atomic E-state index is -0.0579. The zero-order chi connectivity index (χ0) is 10.1. The van der Waals surface area contributed by atoms with E-state index in [0.717, 1.165) is 23.8 Å². The maximum Gasteiger partial charge on any atom is 0.142 e. The highest BCUT2D eigenvalue weighted by Gasteiger charge is 2.24. The second kappa shape index (κ2) is 3.62. The maximum absolute atomic E-state index is 10.9. The number of carbonyl (C=O) groups is 1. The molecule has 1 aromatic carbocycles. The summed E-state index contributed by atoms with van der Waals surface area (Å²) in [6.07, 6.45) is 1.72.